The first-order valence-corrected chi connectivity index (χ1v) is 7.20. The van der Waals surface area contributed by atoms with Gasteiger partial charge in [0.25, 0.3) is 5.91 Å². The van der Waals surface area contributed by atoms with Crippen LogP contribution in [-0.2, 0) is 0 Å². The van der Waals surface area contributed by atoms with Crippen molar-refractivity contribution in [1.29, 1.82) is 0 Å². The monoisotopic (exact) mass is 285 g/mol. The summed E-state index contributed by atoms with van der Waals surface area (Å²) in [6, 6.07) is 5.77. The molecule has 3 rings (SSSR count). The van der Waals surface area contributed by atoms with E-state index in [1.54, 1.807) is 29.2 Å². The Morgan fingerprint density at radius 3 is 3.10 bits per heavy atom. The van der Waals surface area contributed by atoms with Crippen molar-refractivity contribution in [3.05, 3.63) is 42.4 Å². The Morgan fingerprint density at radius 1 is 1.43 bits per heavy atom. The lowest BCUT2D eigenvalue weighted by atomic mass is 10.0. The summed E-state index contributed by atoms with van der Waals surface area (Å²) in [5, 5.41) is 7.40. The molecule has 0 saturated carbocycles. The van der Waals surface area contributed by atoms with Gasteiger partial charge >= 0.3 is 0 Å². The number of pyridine rings is 1. The average molecular weight is 285 g/mol. The van der Waals surface area contributed by atoms with Crippen molar-refractivity contribution in [2.75, 3.05) is 20.1 Å². The lowest BCUT2D eigenvalue weighted by molar-refractivity contribution is 0.0698. The zero-order valence-electron chi connectivity index (χ0n) is 12.1. The number of carbonyl (C=O) groups excluding carboxylic acids is 1. The lowest BCUT2D eigenvalue weighted by Gasteiger charge is -2.32. The highest BCUT2D eigenvalue weighted by Gasteiger charge is 2.23. The molecule has 21 heavy (non-hydrogen) atoms. The zero-order chi connectivity index (χ0) is 14.7. The smallest absolute Gasteiger partial charge is 0.254 e. The molecular weight excluding hydrogens is 266 g/mol. The second-order valence-corrected chi connectivity index (χ2v) is 5.23. The Bertz CT molecular complexity index is 610. The van der Waals surface area contributed by atoms with Crippen molar-refractivity contribution in [2.45, 2.75) is 18.9 Å². The fraction of sp³-hybridized carbons (Fsp3) is 0.400. The van der Waals surface area contributed by atoms with Gasteiger partial charge in [0.2, 0.25) is 0 Å². The molecule has 0 radical (unpaired) electrons. The van der Waals surface area contributed by atoms with E-state index in [1.807, 2.05) is 24.2 Å². The molecule has 1 aliphatic heterocycles. The van der Waals surface area contributed by atoms with Gasteiger partial charge in [0.05, 0.1) is 0 Å². The predicted octanol–water partition coefficient (Wildman–Crippen LogP) is 1.09. The van der Waals surface area contributed by atoms with Gasteiger partial charge in [-0.3, -0.25) is 4.79 Å². The van der Waals surface area contributed by atoms with Crippen molar-refractivity contribution in [1.82, 2.24) is 25.0 Å². The van der Waals surface area contributed by atoms with Crippen molar-refractivity contribution in [2.24, 2.45) is 0 Å². The summed E-state index contributed by atoms with van der Waals surface area (Å²) in [7, 11) is 1.95. The van der Waals surface area contributed by atoms with Gasteiger partial charge in [-0.15, -0.1) is 0 Å². The van der Waals surface area contributed by atoms with Crippen LogP contribution < -0.4 is 5.32 Å². The molecule has 0 aliphatic carbocycles. The van der Waals surface area contributed by atoms with Crippen LogP contribution >= 0.6 is 0 Å². The van der Waals surface area contributed by atoms with E-state index in [-0.39, 0.29) is 5.91 Å². The number of piperidine rings is 1. The minimum atomic E-state index is 0.0609. The lowest BCUT2D eigenvalue weighted by Crippen LogP contribution is -2.47. The Hall–Kier alpha value is -2.21. The second kappa shape index (κ2) is 6.05. The molecule has 0 spiro atoms. The number of rotatable bonds is 3. The summed E-state index contributed by atoms with van der Waals surface area (Å²) in [4.78, 5) is 18.8. The first kappa shape index (κ1) is 13.8. The molecular formula is C15H19N5O. The van der Waals surface area contributed by atoms with E-state index in [0.29, 0.717) is 17.4 Å². The number of likely N-dealkylation sites (N-methyl/N-ethyl adjacent to an activating group) is 1. The van der Waals surface area contributed by atoms with Crippen LogP contribution in [0, 0.1) is 0 Å². The molecule has 1 fully saturated rings. The predicted molar refractivity (Wildman–Crippen MR) is 79.3 cm³/mol. The van der Waals surface area contributed by atoms with Crippen LogP contribution in [0.15, 0.2) is 36.8 Å². The first-order valence-electron chi connectivity index (χ1n) is 7.20. The molecule has 2 aromatic rings. The third-order valence-electron chi connectivity index (χ3n) is 3.85. The number of amides is 1. The van der Waals surface area contributed by atoms with Crippen molar-refractivity contribution in [3.63, 3.8) is 0 Å². The van der Waals surface area contributed by atoms with Crippen molar-refractivity contribution < 1.29 is 4.79 Å². The third kappa shape index (κ3) is 2.95. The fourth-order valence-electron chi connectivity index (χ4n) is 2.66. The van der Waals surface area contributed by atoms with E-state index in [2.05, 4.69) is 15.4 Å². The van der Waals surface area contributed by atoms with E-state index in [0.717, 1.165) is 25.9 Å². The molecule has 1 N–H and O–H groups in total. The summed E-state index contributed by atoms with van der Waals surface area (Å²) < 4.78 is 1.66. The molecule has 1 saturated heterocycles. The van der Waals surface area contributed by atoms with Crippen LogP contribution in [0.1, 0.15) is 23.2 Å². The van der Waals surface area contributed by atoms with Gasteiger partial charge in [0, 0.05) is 43.3 Å². The molecule has 110 valence electrons. The summed E-state index contributed by atoms with van der Waals surface area (Å²) in [6.07, 6.45) is 7.32. The maximum atomic E-state index is 12.6. The molecule has 2 aromatic heterocycles. The van der Waals surface area contributed by atoms with Gasteiger partial charge in [-0.2, -0.15) is 5.10 Å². The fourth-order valence-corrected chi connectivity index (χ4v) is 2.66. The van der Waals surface area contributed by atoms with E-state index in [4.69, 9.17) is 0 Å². The quantitative estimate of drug-likeness (QED) is 0.917. The molecule has 6 nitrogen and oxygen atoms in total. The molecule has 1 aliphatic rings. The Balaban J connectivity index is 1.80. The highest BCUT2D eigenvalue weighted by atomic mass is 16.2. The maximum absolute atomic E-state index is 12.6. The van der Waals surface area contributed by atoms with Crippen LogP contribution in [0.5, 0.6) is 0 Å². The van der Waals surface area contributed by atoms with Gasteiger partial charge < -0.3 is 10.2 Å². The summed E-state index contributed by atoms with van der Waals surface area (Å²) in [5.74, 6) is 0.721. The van der Waals surface area contributed by atoms with Crippen molar-refractivity contribution >= 4 is 5.91 Å². The summed E-state index contributed by atoms with van der Waals surface area (Å²) in [5.41, 5.74) is 0.659. The Morgan fingerprint density at radius 2 is 2.33 bits per heavy atom. The largest absolute Gasteiger partial charge is 0.337 e. The minimum absolute atomic E-state index is 0.0609. The van der Waals surface area contributed by atoms with E-state index in [1.165, 1.54) is 0 Å². The highest BCUT2D eigenvalue weighted by Crippen LogP contribution is 2.15. The van der Waals surface area contributed by atoms with Gasteiger partial charge in [0.1, 0.15) is 0 Å². The van der Waals surface area contributed by atoms with E-state index < -0.39 is 0 Å². The number of nitrogens with zero attached hydrogens (tertiary/aromatic N) is 4. The Kier molecular flexibility index (Phi) is 3.96. The molecule has 6 heteroatoms. The number of hydrogen-bond acceptors (Lipinski definition) is 4. The summed E-state index contributed by atoms with van der Waals surface area (Å²) >= 11 is 0. The van der Waals surface area contributed by atoms with Gasteiger partial charge in [-0.1, -0.05) is 0 Å². The van der Waals surface area contributed by atoms with Gasteiger partial charge in [-0.05, 0) is 38.1 Å². The average Bonchev–Trinajstić information content (AvgIpc) is 3.09. The number of aromatic nitrogens is 3. The SMILES string of the molecule is CNC1CCCN(C(=O)c2ccnc(-n3cccn3)c2)C1. The second-order valence-electron chi connectivity index (χ2n) is 5.23. The van der Waals surface area contributed by atoms with Crippen molar-refractivity contribution in [3.8, 4) is 5.82 Å². The molecule has 1 unspecified atom stereocenters. The number of hydrogen-bond donors (Lipinski definition) is 1. The van der Waals surface area contributed by atoms with Crippen LogP contribution in [0.2, 0.25) is 0 Å². The van der Waals surface area contributed by atoms with Crippen LogP contribution in [0.4, 0.5) is 0 Å². The Labute approximate surface area is 123 Å². The van der Waals surface area contributed by atoms with Gasteiger partial charge in [0.15, 0.2) is 5.82 Å². The number of likely N-dealkylation sites (tertiary alicyclic amines) is 1. The third-order valence-corrected chi connectivity index (χ3v) is 3.85. The minimum Gasteiger partial charge on any atom is -0.337 e. The molecule has 0 aromatic carbocycles. The van der Waals surface area contributed by atoms with E-state index in [9.17, 15) is 4.79 Å². The molecule has 3 heterocycles. The van der Waals surface area contributed by atoms with Gasteiger partial charge in [-0.25, -0.2) is 9.67 Å². The topological polar surface area (TPSA) is 63.1 Å². The molecule has 1 amide bonds. The normalized spacial score (nSPS) is 18.7. The summed E-state index contributed by atoms with van der Waals surface area (Å²) in [6.45, 7) is 1.57. The van der Waals surface area contributed by atoms with Crippen LogP contribution in [0.3, 0.4) is 0 Å². The highest BCUT2D eigenvalue weighted by molar-refractivity contribution is 5.94. The zero-order valence-corrected chi connectivity index (χ0v) is 12.1. The van der Waals surface area contributed by atoms with E-state index >= 15 is 0 Å². The molecule has 0 bridgehead atoms. The number of carbonyl (C=O) groups is 1. The number of nitrogens with one attached hydrogen (secondary N) is 1. The van der Waals surface area contributed by atoms with Crippen LogP contribution in [-0.4, -0.2) is 51.8 Å². The van der Waals surface area contributed by atoms with Crippen LogP contribution in [0.25, 0.3) is 5.82 Å². The standard InChI is InChI=1S/C15H19N5O/c1-16-13-4-2-8-19(11-13)15(21)12-5-7-17-14(10-12)20-9-3-6-18-20/h3,5-7,9-10,13,16H,2,4,8,11H2,1H3. The first-order chi connectivity index (χ1) is 10.3. The maximum Gasteiger partial charge on any atom is 0.254 e. The molecule has 1 atom stereocenters.